The zero-order valence-electron chi connectivity index (χ0n) is 22.6. The largest absolute Gasteiger partial charge is 0.462 e. The molecule has 0 aromatic heterocycles. The van der Waals surface area contributed by atoms with E-state index in [9.17, 15) is 10.1 Å². The van der Waals surface area contributed by atoms with Gasteiger partial charge in [-0.3, -0.25) is 4.79 Å². The van der Waals surface area contributed by atoms with Crippen LogP contribution in [-0.2, 0) is 14.9 Å². The Kier molecular flexibility index (Phi) is 9.56. The van der Waals surface area contributed by atoms with Crippen molar-refractivity contribution >= 4 is 23.4 Å². The molecule has 4 rings (SSSR count). The second kappa shape index (κ2) is 12.8. The summed E-state index contributed by atoms with van der Waals surface area (Å²) in [6.07, 6.45) is 6.15. The molecule has 0 amide bonds. The highest BCUT2D eigenvalue weighted by Crippen LogP contribution is 2.43. The van der Waals surface area contributed by atoms with Gasteiger partial charge in [0.2, 0.25) is 0 Å². The minimum Gasteiger partial charge on any atom is -0.462 e. The molecule has 2 fully saturated rings. The molecule has 2 aliphatic rings. The van der Waals surface area contributed by atoms with E-state index in [-0.39, 0.29) is 18.0 Å². The number of nitrogens with zero attached hydrogens (tertiary/aromatic N) is 3. The summed E-state index contributed by atoms with van der Waals surface area (Å²) in [7, 11) is 0. The maximum absolute atomic E-state index is 11.8. The molecule has 2 unspecified atom stereocenters. The van der Waals surface area contributed by atoms with Crippen LogP contribution >= 0.6 is 11.8 Å². The first kappa shape index (κ1) is 27.5. The number of likely N-dealkylation sites (tertiary alicyclic amines) is 1. The standard InChI is InChI=1S/C31H41N3O2S/c1-4-8-29(36-24(2)35)19-31(23-32,26-9-6-5-7-10-26)27-15-17-33(18-16-27)20-25-21-34(22-25)28-11-13-30(37-3)14-12-28/h5-7,9-14,25,27,29H,4,8,15-22H2,1-3H3. The maximum Gasteiger partial charge on any atom is 0.302 e. The number of piperidine rings is 1. The molecule has 0 bridgehead atoms. The Hall–Kier alpha value is -2.49. The molecule has 0 spiro atoms. The number of thioether (sulfide) groups is 1. The average Bonchev–Trinajstić information content (AvgIpc) is 2.90. The normalized spacial score (nSPS) is 19.5. The Bertz CT molecular complexity index is 1040. The number of hydrogen-bond acceptors (Lipinski definition) is 6. The van der Waals surface area contributed by atoms with Crippen LogP contribution in [0.2, 0.25) is 0 Å². The van der Waals surface area contributed by atoms with Crippen LogP contribution in [0, 0.1) is 23.2 Å². The highest BCUT2D eigenvalue weighted by Gasteiger charge is 2.44. The summed E-state index contributed by atoms with van der Waals surface area (Å²) in [6.45, 7) is 8.98. The van der Waals surface area contributed by atoms with Crippen molar-refractivity contribution in [2.24, 2.45) is 11.8 Å². The molecule has 0 saturated carbocycles. The van der Waals surface area contributed by atoms with Crippen LogP contribution in [0.5, 0.6) is 0 Å². The van der Waals surface area contributed by atoms with Gasteiger partial charge in [-0.2, -0.15) is 5.26 Å². The molecule has 37 heavy (non-hydrogen) atoms. The number of carbonyl (C=O) groups excluding carboxylic acids is 1. The van der Waals surface area contributed by atoms with E-state index >= 15 is 0 Å². The summed E-state index contributed by atoms with van der Waals surface area (Å²) >= 11 is 1.78. The molecule has 2 aromatic rings. The van der Waals surface area contributed by atoms with Crippen LogP contribution in [0.3, 0.4) is 0 Å². The van der Waals surface area contributed by atoms with Gasteiger partial charge in [-0.25, -0.2) is 0 Å². The number of ether oxygens (including phenoxy) is 1. The molecule has 0 radical (unpaired) electrons. The number of esters is 1. The van der Waals surface area contributed by atoms with Crippen molar-refractivity contribution in [1.82, 2.24) is 4.90 Å². The minimum absolute atomic E-state index is 0.230. The van der Waals surface area contributed by atoms with Crippen LogP contribution in [0.25, 0.3) is 0 Å². The van der Waals surface area contributed by atoms with Gasteiger partial charge < -0.3 is 14.5 Å². The Morgan fingerprint density at radius 3 is 2.38 bits per heavy atom. The number of hydrogen-bond donors (Lipinski definition) is 0. The molecule has 2 saturated heterocycles. The van der Waals surface area contributed by atoms with E-state index in [1.54, 1.807) is 11.8 Å². The molecule has 198 valence electrons. The number of rotatable bonds is 11. The van der Waals surface area contributed by atoms with E-state index in [0.717, 1.165) is 64.0 Å². The molecule has 5 nitrogen and oxygen atoms in total. The summed E-state index contributed by atoms with van der Waals surface area (Å²) in [5, 5.41) is 10.7. The van der Waals surface area contributed by atoms with Gasteiger partial charge in [0, 0.05) is 49.5 Å². The van der Waals surface area contributed by atoms with Gasteiger partial charge in [0.25, 0.3) is 0 Å². The van der Waals surface area contributed by atoms with Crippen LogP contribution in [0.1, 0.15) is 51.5 Å². The predicted octanol–water partition coefficient (Wildman–Crippen LogP) is 6.14. The first-order valence-electron chi connectivity index (χ1n) is 13.7. The van der Waals surface area contributed by atoms with Crippen molar-refractivity contribution in [3.63, 3.8) is 0 Å². The van der Waals surface area contributed by atoms with Crippen molar-refractivity contribution < 1.29 is 9.53 Å². The zero-order chi connectivity index (χ0) is 26.3. The minimum atomic E-state index is -0.640. The van der Waals surface area contributed by atoms with E-state index in [2.05, 4.69) is 65.4 Å². The van der Waals surface area contributed by atoms with Crippen LogP contribution in [0.15, 0.2) is 59.5 Å². The molecule has 0 aliphatic carbocycles. The second-order valence-electron chi connectivity index (χ2n) is 10.7. The summed E-state index contributed by atoms with van der Waals surface area (Å²) in [5.74, 6) is 0.686. The molecule has 2 aliphatic heterocycles. The van der Waals surface area contributed by atoms with Crippen molar-refractivity contribution in [2.45, 2.75) is 62.4 Å². The summed E-state index contributed by atoms with van der Waals surface area (Å²) in [4.78, 5) is 18.2. The fourth-order valence-electron chi connectivity index (χ4n) is 6.24. The molecular formula is C31H41N3O2S. The Labute approximate surface area is 227 Å². The molecule has 2 heterocycles. The summed E-state index contributed by atoms with van der Waals surface area (Å²) in [5.41, 5.74) is 1.74. The molecule has 2 atom stereocenters. The molecular weight excluding hydrogens is 478 g/mol. The average molecular weight is 520 g/mol. The lowest BCUT2D eigenvalue weighted by atomic mass is 9.64. The van der Waals surface area contributed by atoms with Crippen LogP contribution in [-0.4, -0.2) is 56.0 Å². The van der Waals surface area contributed by atoms with Gasteiger partial charge in [-0.1, -0.05) is 43.7 Å². The fourth-order valence-corrected chi connectivity index (χ4v) is 6.65. The fraction of sp³-hybridized carbons (Fsp3) is 0.548. The van der Waals surface area contributed by atoms with E-state index < -0.39 is 5.41 Å². The first-order valence-corrected chi connectivity index (χ1v) is 14.9. The first-order chi connectivity index (χ1) is 18.0. The highest BCUT2D eigenvalue weighted by molar-refractivity contribution is 7.98. The SMILES string of the molecule is CCCC(CC(C#N)(c1ccccc1)C1CCN(CC2CN(c3ccc(SC)cc3)C2)CC1)OC(C)=O. The number of nitriles is 1. The molecule has 2 aromatic carbocycles. The quantitative estimate of drug-likeness (QED) is 0.263. The number of benzene rings is 2. The predicted molar refractivity (Wildman–Crippen MR) is 152 cm³/mol. The molecule has 0 N–H and O–H groups in total. The van der Waals surface area contributed by atoms with Crippen molar-refractivity contribution in [3.8, 4) is 6.07 Å². The van der Waals surface area contributed by atoms with E-state index in [1.807, 2.05) is 18.2 Å². The van der Waals surface area contributed by atoms with E-state index in [4.69, 9.17) is 4.74 Å². The number of carbonyl (C=O) groups is 1. The zero-order valence-corrected chi connectivity index (χ0v) is 23.4. The Morgan fingerprint density at radius 2 is 1.81 bits per heavy atom. The van der Waals surface area contributed by atoms with Crippen LogP contribution in [0.4, 0.5) is 5.69 Å². The third-order valence-corrected chi connectivity index (χ3v) is 8.92. The third-order valence-electron chi connectivity index (χ3n) is 8.18. The highest BCUT2D eigenvalue weighted by atomic mass is 32.2. The van der Waals surface area contributed by atoms with Gasteiger partial charge >= 0.3 is 5.97 Å². The summed E-state index contributed by atoms with van der Waals surface area (Å²) in [6, 6.07) is 21.9. The topological polar surface area (TPSA) is 56.6 Å². The van der Waals surface area contributed by atoms with Gasteiger partial charge in [-0.05, 0) is 74.4 Å². The van der Waals surface area contributed by atoms with Crippen molar-refractivity contribution in [1.29, 1.82) is 5.26 Å². The third kappa shape index (κ3) is 6.69. The van der Waals surface area contributed by atoms with Crippen molar-refractivity contribution in [2.75, 3.05) is 43.9 Å². The van der Waals surface area contributed by atoms with Gasteiger partial charge in [0.1, 0.15) is 6.10 Å². The second-order valence-corrected chi connectivity index (χ2v) is 11.6. The lowest BCUT2D eigenvalue weighted by Gasteiger charge is -2.46. The van der Waals surface area contributed by atoms with Gasteiger partial charge in [0.15, 0.2) is 0 Å². The van der Waals surface area contributed by atoms with Crippen molar-refractivity contribution in [3.05, 3.63) is 60.2 Å². The Balaban J connectivity index is 1.37. The van der Waals surface area contributed by atoms with Crippen LogP contribution < -0.4 is 4.90 Å². The lowest BCUT2D eigenvalue weighted by molar-refractivity contribution is -0.147. The van der Waals surface area contributed by atoms with Gasteiger partial charge in [-0.15, -0.1) is 11.8 Å². The maximum atomic E-state index is 11.8. The number of anilines is 1. The smallest absolute Gasteiger partial charge is 0.302 e. The van der Waals surface area contributed by atoms with Gasteiger partial charge in [0.05, 0.1) is 11.5 Å². The summed E-state index contributed by atoms with van der Waals surface area (Å²) < 4.78 is 5.71. The monoisotopic (exact) mass is 519 g/mol. The lowest BCUT2D eigenvalue weighted by Crippen LogP contribution is -2.53. The Morgan fingerprint density at radius 1 is 1.14 bits per heavy atom. The molecule has 6 heteroatoms. The van der Waals surface area contributed by atoms with E-state index in [0.29, 0.717) is 12.3 Å². The van der Waals surface area contributed by atoms with E-state index in [1.165, 1.54) is 17.5 Å².